The van der Waals surface area contributed by atoms with E-state index >= 15 is 0 Å². The van der Waals surface area contributed by atoms with Crippen molar-refractivity contribution >= 4 is 29.2 Å². The second kappa shape index (κ2) is 20.0. The summed E-state index contributed by atoms with van der Waals surface area (Å²) in [5.41, 5.74) is 1.93. The number of aromatic nitrogens is 3. The highest BCUT2D eigenvalue weighted by molar-refractivity contribution is 5.94. The summed E-state index contributed by atoms with van der Waals surface area (Å²) in [5.74, 6) is -2.84. The van der Waals surface area contributed by atoms with E-state index in [1.54, 1.807) is 32.6 Å². The number of hydrogen-bond donors (Lipinski definition) is 5. The molecule has 2 aromatic heterocycles. The molecule has 5 N–H and O–H groups in total. The number of carbonyl (C=O) groups excluding carboxylic acids is 4. The van der Waals surface area contributed by atoms with E-state index in [4.69, 9.17) is 19.6 Å². The van der Waals surface area contributed by atoms with Gasteiger partial charge in [-0.25, -0.2) is 13.9 Å². The van der Waals surface area contributed by atoms with Crippen molar-refractivity contribution in [3.8, 4) is 11.3 Å². The van der Waals surface area contributed by atoms with Crippen molar-refractivity contribution in [2.75, 3.05) is 52.6 Å². The summed E-state index contributed by atoms with van der Waals surface area (Å²) in [7, 11) is 0. The molecule has 2 aliphatic rings. The van der Waals surface area contributed by atoms with Gasteiger partial charge in [0.1, 0.15) is 29.8 Å². The molecule has 17 heteroatoms. The molecule has 0 radical (unpaired) electrons. The van der Waals surface area contributed by atoms with Gasteiger partial charge in [-0.05, 0) is 88.1 Å². The number of piperazine rings is 1. The number of fused-ring (bicyclic) bond motifs is 1. The van der Waals surface area contributed by atoms with Gasteiger partial charge in [0.2, 0.25) is 5.91 Å². The number of nitrogens with zero attached hydrogens (tertiary/aromatic N) is 5. The van der Waals surface area contributed by atoms with E-state index in [0.717, 1.165) is 11.1 Å². The number of nitrogens with one attached hydrogen (secondary N) is 1. The van der Waals surface area contributed by atoms with Crippen LogP contribution in [-0.2, 0) is 29.3 Å². The molecule has 3 aromatic rings. The zero-order valence-electron chi connectivity index (χ0n) is 35.5. The number of hydrogen-bond acceptors (Lipinski definition) is 12. The molecule has 330 valence electrons. The van der Waals surface area contributed by atoms with E-state index in [-0.39, 0.29) is 60.1 Å². The van der Waals surface area contributed by atoms with Crippen molar-refractivity contribution in [2.24, 2.45) is 11.8 Å². The van der Waals surface area contributed by atoms with Crippen molar-refractivity contribution in [2.45, 2.75) is 109 Å². The molecule has 60 heavy (non-hydrogen) atoms. The first-order valence-electron chi connectivity index (χ1n) is 20.8. The van der Waals surface area contributed by atoms with Crippen LogP contribution in [0.2, 0.25) is 0 Å². The predicted molar refractivity (Wildman–Crippen MR) is 218 cm³/mol. The Kier molecular flexibility index (Phi) is 15.5. The van der Waals surface area contributed by atoms with Crippen LogP contribution in [0.15, 0.2) is 36.5 Å². The summed E-state index contributed by atoms with van der Waals surface area (Å²) >= 11 is 0. The molecule has 3 heterocycles. The highest BCUT2D eigenvalue weighted by atomic mass is 19.1. The molecule has 2 fully saturated rings. The largest absolute Gasteiger partial charge is 0.387 e. The third-order valence-corrected chi connectivity index (χ3v) is 11.5. The van der Waals surface area contributed by atoms with Crippen molar-refractivity contribution in [3.05, 3.63) is 53.6 Å². The quantitative estimate of drug-likeness (QED) is 0.124. The van der Waals surface area contributed by atoms with Crippen LogP contribution in [0, 0.1) is 17.7 Å². The Bertz CT molecular complexity index is 1960. The Morgan fingerprint density at radius 1 is 0.933 bits per heavy atom. The molecular formula is C43H61FN6O10. The van der Waals surface area contributed by atoms with E-state index in [0.29, 0.717) is 76.5 Å². The summed E-state index contributed by atoms with van der Waals surface area (Å²) < 4.78 is 25.7. The topological polar surface area (TPSA) is 216 Å². The van der Waals surface area contributed by atoms with E-state index in [9.17, 15) is 44.0 Å². The minimum atomic E-state index is -2.11. The van der Waals surface area contributed by atoms with Gasteiger partial charge in [-0.2, -0.15) is 5.10 Å². The van der Waals surface area contributed by atoms with Gasteiger partial charge in [0.05, 0.1) is 37.3 Å². The molecule has 0 spiro atoms. The van der Waals surface area contributed by atoms with Gasteiger partial charge >= 0.3 is 0 Å². The second-order valence-corrected chi connectivity index (χ2v) is 17.5. The monoisotopic (exact) mass is 840 g/mol. The van der Waals surface area contributed by atoms with Gasteiger partial charge in [-0.3, -0.25) is 19.2 Å². The third kappa shape index (κ3) is 11.3. The molecular weight excluding hydrogens is 780 g/mol. The number of benzene rings is 1. The molecule has 1 aliphatic carbocycles. The lowest BCUT2D eigenvalue weighted by Gasteiger charge is -2.47. The Labute approximate surface area is 350 Å². The average Bonchev–Trinajstić information content (AvgIpc) is 3.65. The van der Waals surface area contributed by atoms with Gasteiger partial charge in [0.25, 0.3) is 11.8 Å². The lowest BCUT2D eigenvalue weighted by Crippen LogP contribution is -2.62. The first-order chi connectivity index (χ1) is 28.3. The van der Waals surface area contributed by atoms with Crippen LogP contribution in [0.5, 0.6) is 0 Å². The maximum absolute atomic E-state index is 14.1. The summed E-state index contributed by atoms with van der Waals surface area (Å²) in [6.45, 7) is 14.1. The summed E-state index contributed by atoms with van der Waals surface area (Å²) in [4.78, 5) is 61.3. The van der Waals surface area contributed by atoms with Crippen LogP contribution in [0.1, 0.15) is 89.7 Å². The van der Waals surface area contributed by atoms with Gasteiger partial charge < -0.3 is 45.0 Å². The van der Waals surface area contributed by atoms with Crippen LogP contribution in [0.3, 0.4) is 0 Å². The summed E-state index contributed by atoms with van der Waals surface area (Å²) in [5, 5.41) is 48.7. The van der Waals surface area contributed by atoms with Gasteiger partial charge in [-0.1, -0.05) is 20.8 Å². The van der Waals surface area contributed by atoms with E-state index in [1.165, 1.54) is 12.1 Å². The lowest BCUT2D eigenvalue weighted by atomic mass is 9.78. The zero-order chi connectivity index (χ0) is 43.9. The van der Waals surface area contributed by atoms with Crippen LogP contribution < -0.4 is 5.32 Å². The summed E-state index contributed by atoms with van der Waals surface area (Å²) in [6, 6.07) is 8.00. The number of halogens is 1. The maximum atomic E-state index is 14.1. The minimum absolute atomic E-state index is 0.0231. The Morgan fingerprint density at radius 3 is 2.22 bits per heavy atom. The van der Waals surface area contributed by atoms with Crippen molar-refractivity contribution in [1.29, 1.82) is 0 Å². The zero-order valence-corrected chi connectivity index (χ0v) is 35.5. The molecule has 3 amide bonds. The summed E-state index contributed by atoms with van der Waals surface area (Å²) in [6.07, 6.45) is -4.76. The number of aliphatic hydroxyl groups excluding tert-OH is 4. The minimum Gasteiger partial charge on any atom is -0.387 e. The Morgan fingerprint density at radius 2 is 1.58 bits per heavy atom. The van der Waals surface area contributed by atoms with Crippen molar-refractivity contribution in [1.82, 2.24) is 29.7 Å². The van der Waals surface area contributed by atoms with Crippen LogP contribution in [0.4, 0.5) is 4.39 Å². The fourth-order valence-electron chi connectivity index (χ4n) is 7.96. The second-order valence-electron chi connectivity index (χ2n) is 17.5. The average molecular weight is 841 g/mol. The number of carbonyl (C=O) groups is 4. The van der Waals surface area contributed by atoms with Gasteiger partial charge in [0.15, 0.2) is 17.5 Å². The van der Waals surface area contributed by atoms with Crippen molar-refractivity contribution in [3.63, 3.8) is 0 Å². The molecule has 1 aliphatic heterocycles. The first kappa shape index (κ1) is 46.7. The SMILES string of the molecule is CCOCCOCCNC(=O)[C@@H](O)[C@H](O)[C@H](O)[C@@H](O)C(=O)CC1CCC(C(=O)N2CCN(C(=O)c3cn4nc(-c5ccc(F)cc5)cc(C(C)(C)C)c4n3)C(C)(C)C2)CC1. The van der Waals surface area contributed by atoms with E-state index in [2.05, 4.69) is 5.32 Å². The maximum Gasteiger partial charge on any atom is 0.274 e. The molecule has 4 atom stereocenters. The molecule has 1 saturated carbocycles. The van der Waals surface area contributed by atoms with Crippen LogP contribution in [0.25, 0.3) is 16.9 Å². The number of Topliss-reactive ketones (excluding diaryl/α,β-unsaturated/α-hetero) is 1. The van der Waals surface area contributed by atoms with E-state index in [1.807, 2.05) is 47.6 Å². The number of aliphatic hydroxyl groups is 4. The fraction of sp³-hybridized carbons (Fsp3) is 0.628. The normalized spacial score (nSPS) is 20.4. The number of imidazole rings is 1. The molecule has 1 aromatic carbocycles. The number of ketones is 1. The highest BCUT2D eigenvalue weighted by Crippen LogP contribution is 2.35. The Hall–Kier alpha value is -4.39. The smallest absolute Gasteiger partial charge is 0.274 e. The molecule has 16 nitrogen and oxygen atoms in total. The third-order valence-electron chi connectivity index (χ3n) is 11.5. The Balaban J connectivity index is 1.11. The highest BCUT2D eigenvalue weighted by Gasteiger charge is 2.42. The van der Waals surface area contributed by atoms with Gasteiger partial charge in [0, 0.05) is 56.3 Å². The molecule has 1 saturated heterocycles. The van der Waals surface area contributed by atoms with Gasteiger partial charge in [-0.15, -0.1) is 0 Å². The molecule has 0 bridgehead atoms. The molecule has 5 rings (SSSR count). The predicted octanol–water partition coefficient (Wildman–Crippen LogP) is 2.27. The van der Waals surface area contributed by atoms with Crippen LogP contribution in [-0.4, -0.2) is 151 Å². The number of amides is 3. The fourth-order valence-corrected chi connectivity index (χ4v) is 7.96. The van der Waals surface area contributed by atoms with E-state index < -0.39 is 41.6 Å². The standard InChI is InChI=1S/C43H61FN6O10/c1-7-59-20-21-60-19-16-45-39(56)37(55)36(54)35(53)34(52)33(51)22-26-8-10-28(11-9-26)40(57)48-17-18-49(43(5,6)25-48)41(58)32-24-50-38(46-32)30(42(2,3)4)23-31(47-50)27-12-14-29(44)15-13-27/h12-15,23-24,26,28,34-37,52-55H,7-11,16-22,25H2,1-6H3,(H,45,56)/t26?,28?,34-,35+,36+,37-/m0/s1. The van der Waals surface area contributed by atoms with Crippen molar-refractivity contribution < 1.29 is 53.5 Å². The molecule has 0 unspecified atom stereocenters. The first-order valence-corrected chi connectivity index (χ1v) is 20.8. The number of rotatable bonds is 17. The number of ether oxygens (including phenoxy) is 2. The lowest BCUT2D eigenvalue weighted by molar-refractivity contribution is -0.155. The van der Waals surface area contributed by atoms with Crippen LogP contribution >= 0.6 is 0 Å².